The molecule has 218 valence electrons. The fourth-order valence-corrected chi connectivity index (χ4v) is 6.01. The van der Waals surface area contributed by atoms with E-state index < -0.39 is 9.84 Å². The Labute approximate surface area is 240 Å². The van der Waals surface area contributed by atoms with Crippen LogP contribution in [0.1, 0.15) is 69.0 Å². The Morgan fingerprint density at radius 2 is 1.75 bits per heavy atom. The van der Waals surface area contributed by atoms with Gasteiger partial charge in [-0.3, -0.25) is 9.59 Å². The quantitative estimate of drug-likeness (QED) is 0.243. The van der Waals surface area contributed by atoms with E-state index in [9.17, 15) is 18.0 Å². The molecule has 2 amide bonds. The molecule has 2 aromatic carbocycles. The van der Waals surface area contributed by atoms with Gasteiger partial charge in [-0.15, -0.1) is 6.58 Å². The van der Waals surface area contributed by atoms with E-state index in [2.05, 4.69) is 28.9 Å². The fraction of sp³-hybridized carbons (Fsp3) is 0.500. The van der Waals surface area contributed by atoms with Gasteiger partial charge in [-0.2, -0.15) is 0 Å². The number of carbonyl (C=O) groups excluding carboxylic acids is 2. The molecule has 0 spiro atoms. The molecule has 8 heteroatoms. The lowest BCUT2D eigenvalue weighted by atomic mass is 9.99. The molecule has 0 radical (unpaired) electrons. The van der Waals surface area contributed by atoms with Crippen LogP contribution in [0.2, 0.25) is 0 Å². The van der Waals surface area contributed by atoms with Crippen molar-refractivity contribution in [2.24, 2.45) is 0 Å². The van der Waals surface area contributed by atoms with E-state index in [0.29, 0.717) is 13.0 Å². The molecule has 40 heavy (non-hydrogen) atoms. The second kappa shape index (κ2) is 15.7. The lowest BCUT2D eigenvalue weighted by Crippen LogP contribution is -2.48. The summed E-state index contributed by atoms with van der Waals surface area (Å²) in [7, 11) is -3.25. The Kier molecular flexibility index (Phi) is 12.4. The smallest absolute Gasteiger partial charge is 0.227 e. The molecular formula is C32H45N3O4S. The van der Waals surface area contributed by atoms with Gasteiger partial charge in [0.05, 0.1) is 17.4 Å². The van der Waals surface area contributed by atoms with E-state index in [1.54, 1.807) is 24.3 Å². The molecule has 7 nitrogen and oxygen atoms in total. The van der Waals surface area contributed by atoms with Crippen molar-refractivity contribution in [3.05, 3.63) is 78.4 Å². The zero-order valence-electron chi connectivity index (χ0n) is 24.1. The Hall–Kier alpha value is -2.97. The Morgan fingerprint density at radius 1 is 1.07 bits per heavy atom. The van der Waals surface area contributed by atoms with Crippen LogP contribution < -0.4 is 5.32 Å². The van der Waals surface area contributed by atoms with Crippen molar-refractivity contribution in [3.8, 4) is 0 Å². The first-order valence-electron chi connectivity index (χ1n) is 14.5. The maximum absolute atomic E-state index is 13.1. The number of carbonyl (C=O) groups is 2. The SMILES string of the molecule is C=CCCCCC(=O)NC(CCN1CCC(N(CC)C(=O)Cc2ccc(S(C)(=O)=O)cc2)CC1)c1ccccc1. The number of piperidine rings is 1. The van der Waals surface area contributed by atoms with Gasteiger partial charge in [0.1, 0.15) is 0 Å². The number of unbranched alkanes of at least 4 members (excludes halogenated alkanes) is 2. The molecule has 0 aliphatic carbocycles. The van der Waals surface area contributed by atoms with Gasteiger partial charge in [0.25, 0.3) is 0 Å². The number of allylic oxidation sites excluding steroid dienone is 1. The van der Waals surface area contributed by atoms with Gasteiger partial charge >= 0.3 is 0 Å². The fourth-order valence-electron chi connectivity index (χ4n) is 5.38. The van der Waals surface area contributed by atoms with Gasteiger partial charge in [0.15, 0.2) is 9.84 Å². The second-order valence-corrected chi connectivity index (χ2v) is 12.7. The number of amides is 2. The predicted molar refractivity (Wildman–Crippen MR) is 161 cm³/mol. The molecule has 1 aliphatic heterocycles. The second-order valence-electron chi connectivity index (χ2n) is 10.7. The zero-order chi connectivity index (χ0) is 29.0. The number of sulfone groups is 1. The average molecular weight is 568 g/mol. The number of benzene rings is 2. The molecule has 1 unspecified atom stereocenters. The molecule has 1 atom stereocenters. The Morgan fingerprint density at radius 3 is 2.35 bits per heavy atom. The van der Waals surface area contributed by atoms with E-state index in [1.165, 1.54) is 6.26 Å². The molecule has 1 N–H and O–H groups in total. The summed E-state index contributed by atoms with van der Waals surface area (Å²) in [5.41, 5.74) is 1.95. The maximum atomic E-state index is 13.1. The summed E-state index contributed by atoms with van der Waals surface area (Å²) < 4.78 is 23.4. The van der Waals surface area contributed by atoms with Crippen molar-refractivity contribution in [2.75, 3.05) is 32.4 Å². The molecule has 0 saturated carbocycles. The van der Waals surface area contributed by atoms with Crippen LogP contribution in [-0.2, 0) is 25.8 Å². The third-order valence-corrected chi connectivity index (χ3v) is 8.83. The van der Waals surface area contributed by atoms with Gasteiger partial charge in [-0.05, 0) is 68.7 Å². The number of nitrogens with zero attached hydrogens (tertiary/aromatic N) is 2. The van der Waals surface area contributed by atoms with Gasteiger partial charge in [-0.1, -0.05) is 48.5 Å². The first kappa shape index (κ1) is 31.6. The lowest BCUT2D eigenvalue weighted by molar-refractivity contribution is -0.133. The molecule has 1 heterocycles. The summed E-state index contributed by atoms with van der Waals surface area (Å²) in [5, 5.41) is 3.26. The third-order valence-electron chi connectivity index (χ3n) is 7.70. The van der Waals surface area contributed by atoms with Crippen LogP contribution in [0.3, 0.4) is 0 Å². The molecule has 1 aliphatic rings. The highest BCUT2D eigenvalue weighted by molar-refractivity contribution is 7.90. The number of likely N-dealkylation sites (N-methyl/N-ethyl adjacent to an activating group) is 1. The van der Waals surface area contributed by atoms with Gasteiger partial charge in [-0.25, -0.2) is 8.42 Å². The molecule has 0 bridgehead atoms. The average Bonchev–Trinajstić information content (AvgIpc) is 2.95. The Bertz CT molecular complexity index is 1190. The summed E-state index contributed by atoms with van der Waals surface area (Å²) in [6.45, 7) is 9.12. The van der Waals surface area contributed by atoms with E-state index in [0.717, 1.165) is 69.3 Å². The third kappa shape index (κ3) is 9.89. The standard InChI is InChI=1S/C32H45N3O4S/c1-4-6-7-11-14-31(36)33-30(27-12-9-8-10-13-27)21-24-34-22-19-28(20-23-34)35(5-2)32(37)25-26-15-17-29(18-16-26)40(3,38)39/h4,8-10,12-13,15-18,28,30H,1,5-7,11,14,19-25H2,2-3H3,(H,33,36). The van der Waals surface area contributed by atoms with Crippen LogP contribution in [0.4, 0.5) is 0 Å². The van der Waals surface area contributed by atoms with Crippen LogP contribution in [0.25, 0.3) is 0 Å². The molecule has 1 saturated heterocycles. The summed E-state index contributed by atoms with van der Waals surface area (Å²) in [5.74, 6) is 0.174. The van der Waals surface area contributed by atoms with Crippen molar-refractivity contribution < 1.29 is 18.0 Å². The monoisotopic (exact) mass is 567 g/mol. The number of rotatable bonds is 15. The minimum Gasteiger partial charge on any atom is -0.349 e. The minimum atomic E-state index is -3.25. The van der Waals surface area contributed by atoms with E-state index >= 15 is 0 Å². The van der Waals surface area contributed by atoms with E-state index in [4.69, 9.17) is 0 Å². The predicted octanol–water partition coefficient (Wildman–Crippen LogP) is 4.94. The molecule has 1 fully saturated rings. The van der Waals surface area contributed by atoms with Gasteiger partial charge < -0.3 is 15.1 Å². The molecular weight excluding hydrogens is 522 g/mol. The van der Waals surface area contributed by atoms with Crippen molar-refractivity contribution in [1.82, 2.24) is 15.1 Å². The molecule has 2 aromatic rings. The van der Waals surface area contributed by atoms with Crippen LogP contribution in [0.15, 0.2) is 72.1 Å². The first-order chi connectivity index (χ1) is 19.2. The van der Waals surface area contributed by atoms with E-state index in [-0.39, 0.29) is 35.2 Å². The summed E-state index contributed by atoms with van der Waals surface area (Å²) in [6, 6.07) is 17.0. The Balaban J connectivity index is 1.50. The van der Waals surface area contributed by atoms with E-state index in [1.807, 2.05) is 36.1 Å². The molecule has 0 aromatic heterocycles. The van der Waals surface area contributed by atoms with Crippen molar-refractivity contribution in [1.29, 1.82) is 0 Å². The number of likely N-dealkylation sites (tertiary alicyclic amines) is 1. The highest BCUT2D eigenvalue weighted by Crippen LogP contribution is 2.22. The number of nitrogens with one attached hydrogen (secondary N) is 1. The topological polar surface area (TPSA) is 86.8 Å². The van der Waals surface area contributed by atoms with Gasteiger partial charge in [0, 0.05) is 44.9 Å². The van der Waals surface area contributed by atoms with Crippen LogP contribution in [-0.4, -0.2) is 68.5 Å². The normalized spacial score (nSPS) is 15.3. The summed E-state index contributed by atoms with van der Waals surface area (Å²) in [6.07, 6.45) is 9.33. The van der Waals surface area contributed by atoms with Crippen molar-refractivity contribution in [3.63, 3.8) is 0 Å². The van der Waals surface area contributed by atoms with Gasteiger partial charge in [0.2, 0.25) is 11.8 Å². The van der Waals surface area contributed by atoms with Crippen LogP contribution in [0.5, 0.6) is 0 Å². The van der Waals surface area contributed by atoms with Crippen LogP contribution >= 0.6 is 0 Å². The highest BCUT2D eigenvalue weighted by Gasteiger charge is 2.27. The largest absolute Gasteiger partial charge is 0.349 e. The maximum Gasteiger partial charge on any atom is 0.227 e. The minimum absolute atomic E-state index is 0.0198. The van der Waals surface area contributed by atoms with Crippen molar-refractivity contribution in [2.45, 2.75) is 75.3 Å². The highest BCUT2D eigenvalue weighted by atomic mass is 32.2. The molecule has 3 rings (SSSR count). The number of hydrogen-bond acceptors (Lipinski definition) is 5. The number of hydrogen-bond donors (Lipinski definition) is 1. The first-order valence-corrected chi connectivity index (χ1v) is 16.4. The van der Waals surface area contributed by atoms with Crippen molar-refractivity contribution >= 4 is 21.7 Å². The summed E-state index contributed by atoms with van der Waals surface area (Å²) >= 11 is 0. The zero-order valence-corrected chi connectivity index (χ0v) is 24.9. The summed E-state index contributed by atoms with van der Waals surface area (Å²) in [4.78, 5) is 30.4. The lowest BCUT2D eigenvalue weighted by Gasteiger charge is -2.38. The van der Waals surface area contributed by atoms with Crippen LogP contribution in [0, 0.1) is 0 Å².